The van der Waals surface area contributed by atoms with Crippen LogP contribution in [0.15, 0.2) is 35.7 Å². The Morgan fingerprint density at radius 1 is 1.37 bits per heavy atom. The summed E-state index contributed by atoms with van der Waals surface area (Å²) in [7, 11) is 0. The van der Waals surface area contributed by atoms with Gasteiger partial charge < -0.3 is 10.9 Å². The van der Waals surface area contributed by atoms with Crippen molar-refractivity contribution in [1.29, 1.82) is 0 Å². The minimum Gasteiger partial charge on any atom is -0.409 e. The van der Waals surface area contributed by atoms with E-state index in [2.05, 4.69) is 15.1 Å². The molecule has 0 aromatic carbocycles. The number of alkyl halides is 3. The Hall–Kier alpha value is -2.58. The molecule has 0 radical (unpaired) electrons. The molecule has 0 aliphatic rings. The number of hydrogen-bond acceptors (Lipinski definition) is 4. The van der Waals surface area contributed by atoms with Crippen molar-refractivity contribution in [1.82, 2.24) is 14.5 Å². The van der Waals surface area contributed by atoms with E-state index in [0.29, 0.717) is 0 Å². The summed E-state index contributed by atoms with van der Waals surface area (Å²) >= 11 is 0. The molecule has 0 bridgehead atoms. The van der Waals surface area contributed by atoms with Crippen LogP contribution in [0.1, 0.15) is 11.4 Å². The van der Waals surface area contributed by atoms with Gasteiger partial charge in [0.2, 0.25) is 5.95 Å². The van der Waals surface area contributed by atoms with Crippen molar-refractivity contribution < 1.29 is 18.4 Å². The molecule has 2 heterocycles. The van der Waals surface area contributed by atoms with Gasteiger partial charge in [-0.1, -0.05) is 5.16 Å². The van der Waals surface area contributed by atoms with Crippen LogP contribution in [0.2, 0.25) is 0 Å². The lowest BCUT2D eigenvalue weighted by molar-refractivity contribution is -0.141. The van der Waals surface area contributed by atoms with Gasteiger partial charge in [0.25, 0.3) is 0 Å². The third kappa shape index (κ3) is 2.49. The summed E-state index contributed by atoms with van der Waals surface area (Å²) in [5, 5.41) is 11.4. The minimum atomic E-state index is -4.57. The molecule has 2 aromatic heterocycles. The fraction of sp³-hybridized carbons (Fsp3) is 0.100. The van der Waals surface area contributed by atoms with E-state index in [1.807, 2.05) is 0 Å². The molecule has 0 fully saturated rings. The number of nitrogens with zero attached hydrogens (tertiary/aromatic N) is 4. The van der Waals surface area contributed by atoms with Crippen LogP contribution in [0.3, 0.4) is 0 Å². The van der Waals surface area contributed by atoms with E-state index in [-0.39, 0.29) is 17.5 Å². The number of rotatable bonds is 2. The molecule has 0 aliphatic heterocycles. The van der Waals surface area contributed by atoms with Gasteiger partial charge in [0.05, 0.1) is 5.69 Å². The minimum absolute atomic E-state index is 0.182. The molecule has 19 heavy (non-hydrogen) atoms. The normalized spacial score (nSPS) is 12.7. The SMILES string of the molecule is N/C(=N/O)c1cccn1-c1nccc(C(F)(F)F)n1. The maximum Gasteiger partial charge on any atom is 0.433 e. The van der Waals surface area contributed by atoms with Crippen molar-refractivity contribution in [3.8, 4) is 5.95 Å². The molecule has 0 atom stereocenters. The molecule has 3 N–H and O–H groups in total. The number of amidine groups is 1. The molecule has 0 aliphatic carbocycles. The highest BCUT2D eigenvalue weighted by Crippen LogP contribution is 2.27. The topological polar surface area (TPSA) is 89.3 Å². The van der Waals surface area contributed by atoms with E-state index < -0.39 is 11.9 Å². The predicted octanol–water partition coefficient (Wildman–Crippen LogP) is 1.38. The van der Waals surface area contributed by atoms with E-state index in [0.717, 1.165) is 12.3 Å². The maximum absolute atomic E-state index is 12.5. The molecule has 2 aromatic rings. The number of aromatic nitrogens is 3. The fourth-order valence-electron chi connectivity index (χ4n) is 1.44. The molecule has 100 valence electrons. The first-order chi connectivity index (χ1) is 8.93. The summed E-state index contributed by atoms with van der Waals surface area (Å²) in [6, 6.07) is 3.73. The zero-order valence-corrected chi connectivity index (χ0v) is 9.33. The molecular weight excluding hydrogens is 263 g/mol. The zero-order valence-electron chi connectivity index (χ0n) is 9.33. The Morgan fingerprint density at radius 3 is 2.74 bits per heavy atom. The van der Waals surface area contributed by atoms with Gasteiger partial charge in [-0.2, -0.15) is 13.2 Å². The molecular formula is C10H8F3N5O. The van der Waals surface area contributed by atoms with Gasteiger partial charge >= 0.3 is 6.18 Å². The highest BCUT2D eigenvalue weighted by atomic mass is 19.4. The summed E-state index contributed by atoms with van der Waals surface area (Å²) in [5.41, 5.74) is 4.51. The highest BCUT2D eigenvalue weighted by Gasteiger charge is 2.33. The van der Waals surface area contributed by atoms with Crippen molar-refractivity contribution in [2.45, 2.75) is 6.18 Å². The number of halogens is 3. The van der Waals surface area contributed by atoms with E-state index in [9.17, 15) is 13.2 Å². The Kier molecular flexibility index (Phi) is 3.11. The van der Waals surface area contributed by atoms with Gasteiger partial charge in [0.15, 0.2) is 5.84 Å². The van der Waals surface area contributed by atoms with Crippen molar-refractivity contribution in [3.05, 3.63) is 42.0 Å². The lowest BCUT2D eigenvalue weighted by Crippen LogP contribution is -2.19. The van der Waals surface area contributed by atoms with Gasteiger partial charge in [-0.15, -0.1) is 0 Å². The quantitative estimate of drug-likeness (QED) is 0.374. The maximum atomic E-state index is 12.5. The smallest absolute Gasteiger partial charge is 0.409 e. The second kappa shape index (κ2) is 4.59. The summed E-state index contributed by atoms with van der Waals surface area (Å²) in [5.74, 6) is -0.479. The number of nitrogens with two attached hydrogens (primary N) is 1. The third-order valence-corrected chi connectivity index (χ3v) is 2.27. The Morgan fingerprint density at radius 2 is 2.11 bits per heavy atom. The van der Waals surface area contributed by atoms with E-state index in [1.54, 1.807) is 0 Å². The van der Waals surface area contributed by atoms with Gasteiger partial charge in [0.1, 0.15) is 5.69 Å². The first-order valence-corrected chi connectivity index (χ1v) is 4.99. The van der Waals surface area contributed by atoms with Crippen LogP contribution >= 0.6 is 0 Å². The lowest BCUT2D eigenvalue weighted by Gasteiger charge is -2.09. The van der Waals surface area contributed by atoms with Crippen LogP contribution in [0.25, 0.3) is 5.95 Å². The molecule has 6 nitrogen and oxygen atoms in total. The molecule has 9 heteroatoms. The average molecular weight is 271 g/mol. The largest absolute Gasteiger partial charge is 0.433 e. The van der Waals surface area contributed by atoms with Crippen molar-refractivity contribution in [3.63, 3.8) is 0 Å². The molecule has 0 saturated carbocycles. The second-order valence-corrected chi connectivity index (χ2v) is 3.49. The van der Waals surface area contributed by atoms with Crippen LogP contribution in [0.5, 0.6) is 0 Å². The van der Waals surface area contributed by atoms with Crippen LogP contribution < -0.4 is 5.73 Å². The summed E-state index contributed by atoms with van der Waals surface area (Å²) in [6.45, 7) is 0. The standard InChI is InChI=1S/C10H8F3N5O/c11-10(12,13)7-3-4-15-9(16-7)18-5-1-2-6(18)8(14)17-19/h1-5,19H,(H2,14,17). The number of hydrogen-bond donors (Lipinski definition) is 2. The van der Waals surface area contributed by atoms with Gasteiger partial charge in [0, 0.05) is 12.4 Å². The highest BCUT2D eigenvalue weighted by molar-refractivity contribution is 5.96. The van der Waals surface area contributed by atoms with Crippen LogP contribution in [-0.4, -0.2) is 25.6 Å². The van der Waals surface area contributed by atoms with Crippen LogP contribution in [-0.2, 0) is 6.18 Å². The first kappa shape index (κ1) is 12.9. The third-order valence-electron chi connectivity index (χ3n) is 2.27. The lowest BCUT2D eigenvalue weighted by atomic mass is 10.4. The zero-order chi connectivity index (χ0) is 14.0. The molecule has 0 saturated heterocycles. The van der Waals surface area contributed by atoms with Crippen molar-refractivity contribution in [2.75, 3.05) is 0 Å². The Bertz CT molecular complexity index is 620. The van der Waals surface area contributed by atoms with Gasteiger partial charge in [-0.25, -0.2) is 9.97 Å². The molecule has 0 unspecified atom stereocenters. The summed E-state index contributed by atoms with van der Waals surface area (Å²) in [4.78, 5) is 7.13. The van der Waals surface area contributed by atoms with Gasteiger partial charge in [-0.05, 0) is 18.2 Å². The predicted molar refractivity (Wildman–Crippen MR) is 58.9 cm³/mol. The van der Waals surface area contributed by atoms with Crippen molar-refractivity contribution in [2.24, 2.45) is 10.9 Å². The van der Waals surface area contributed by atoms with Gasteiger partial charge in [-0.3, -0.25) is 4.57 Å². The molecule has 0 amide bonds. The second-order valence-electron chi connectivity index (χ2n) is 3.49. The Labute approximate surface area is 105 Å². The van der Waals surface area contributed by atoms with Crippen molar-refractivity contribution >= 4 is 5.84 Å². The van der Waals surface area contributed by atoms with E-state index in [1.165, 1.54) is 22.9 Å². The van der Waals surface area contributed by atoms with E-state index >= 15 is 0 Å². The fourth-order valence-corrected chi connectivity index (χ4v) is 1.44. The summed E-state index contributed by atoms with van der Waals surface area (Å²) in [6.07, 6.45) is -2.17. The summed E-state index contributed by atoms with van der Waals surface area (Å²) < 4.78 is 38.8. The molecule has 0 spiro atoms. The number of oxime groups is 1. The van der Waals surface area contributed by atoms with Crippen LogP contribution in [0.4, 0.5) is 13.2 Å². The Balaban J connectivity index is 2.52. The van der Waals surface area contributed by atoms with Crippen LogP contribution in [0, 0.1) is 0 Å². The molecule has 2 rings (SSSR count). The first-order valence-electron chi connectivity index (χ1n) is 4.99. The monoisotopic (exact) mass is 271 g/mol. The average Bonchev–Trinajstić information content (AvgIpc) is 2.86. The van der Waals surface area contributed by atoms with E-state index in [4.69, 9.17) is 10.9 Å².